The number of aliphatic hydroxyl groups is 1. The van der Waals surface area contributed by atoms with Gasteiger partial charge in [0.15, 0.2) is 12.2 Å². The first kappa shape index (κ1) is 86.1. The maximum atomic E-state index is 13.0. The highest BCUT2D eigenvalue weighted by atomic mass is 31.2. The predicted octanol–water partition coefficient (Wildman–Crippen LogP) is 19.3. The minimum Gasteiger partial charge on any atom is -0.462 e. The summed E-state index contributed by atoms with van der Waals surface area (Å²) in [6.07, 6.45) is 40.7. The second-order valence-electron chi connectivity index (χ2n) is 26.6. The third-order valence-corrected chi connectivity index (χ3v) is 18.1. The summed E-state index contributed by atoms with van der Waals surface area (Å²) in [6, 6.07) is 0. The molecular formula is C69H134O17P2. The molecule has 0 spiro atoms. The van der Waals surface area contributed by atoms with Crippen molar-refractivity contribution in [3.63, 3.8) is 0 Å². The maximum Gasteiger partial charge on any atom is 0.472 e. The second kappa shape index (κ2) is 58.8. The number of phosphoric ester groups is 2. The number of aliphatic hydroxyl groups excluding tert-OH is 1. The number of hydrogen-bond acceptors (Lipinski definition) is 15. The van der Waals surface area contributed by atoms with E-state index in [2.05, 4.69) is 55.4 Å². The molecule has 0 aliphatic rings. The molecule has 522 valence electrons. The zero-order valence-electron chi connectivity index (χ0n) is 57.3. The van der Waals surface area contributed by atoms with Crippen LogP contribution in [-0.4, -0.2) is 96.7 Å². The second-order valence-corrected chi connectivity index (χ2v) is 29.5. The van der Waals surface area contributed by atoms with Gasteiger partial charge in [0.25, 0.3) is 0 Å². The van der Waals surface area contributed by atoms with Crippen molar-refractivity contribution in [1.29, 1.82) is 0 Å². The molecule has 0 aromatic carbocycles. The topological polar surface area (TPSA) is 237 Å². The molecule has 0 aromatic heterocycles. The van der Waals surface area contributed by atoms with Crippen LogP contribution in [-0.2, 0) is 65.4 Å². The summed E-state index contributed by atoms with van der Waals surface area (Å²) in [5.74, 6) is 0.777. The largest absolute Gasteiger partial charge is 0.472 e. The summed E-state index contributed by atoms with van der Waals surface area (Å²) < 4.78 is 68.1. The molecule has 0 aliphatic carbocycles. The van der Waals surface area contributed by atoms with Gasteiger partial charge in [-0.3, -0.25) is 37.3 Å². The average molecular weight is 1300 g/mol. The van der Waals surface area contributed by atoms with Gasteiger partial charge in [0.05, 0.1) is 26.4 Å². The summed E-state index contributed by atoms with van der Waals surface area (Å²) >= 11 is 0. The molecular weight excluding hydrogens is 1160 g/mol. The minimum atomic E-state index is -4.95. The third kappa shape index (κ3) is 61.6. The van der Waals surface area contributed by atoms with E-state index in [-0.39, 0.29) is 25.7 Å². The molecule has 6 atom stereocenters. The fraction of sp³-hybridized carbons (Fsp3) is 0.942. The third-order valence-electron chi connectivity index (χ3n) is 16.2. The van der Waals surface area contributed by atoms with E-state index in [9.17, 15) is 43.2 Å². The van der Waals surface area contributed by atoms with Crippen molar-refractivity contribution < 1.29 is 80.2 Å². The van der Waals surface area contributed by atoms with E-state index in [1.165, 1.54) is 128 Å². The van der Waals surface area contributed by atoms with E-state index in [1.54, 1.807) is 0 Å². The lowest BCUT2D eigenvalue weighted by atomic mass is 10.00. The molecule has 0 aromatic rings. The number of phosphoric acid groups is 2. The highest BCUT2D eigenvalue weighted by Crippen LogP contribution is 2.45. The molecule has 0 amide bonds. The number of ether oxygens (including phenoxy) is 4. The van der Waals surface area contributed by atoms with Crippen LogP contribution in [0.25, 0.3) is 0 Å². The number of rotatable bonds is 66. The van der Waals surface area contributed by atoms with Crippen LogP contribution in [0.15, 0.2) is 0 Å². The highest BCUT2D eigenvalue weighted by Gasteiger charge is 2.30. The van der Waals surface area contributed by atoms with Gasteiger partial charge in [0, 0.05) is 25.7 Å². The van der Waals surface area contributed by atoms with Gasteiger partial charge in [-0.15, -0.1) is 0 Å². The first-order valence-electron chi connectivity index (χ1n) is 35.7. The lowest BCUT2D eigenvalue weighted by molar-refractivity contribution is -0.161. The zero-order valence-corrected chi connectivity index (χ0v) is 59.1. The molecule has 0 bridgehead atoms. The van der Waals surface area contributed by atoms with E-state index in [0.717, 1.165) is 115 Å². The Balaban J connectivity index is 5.19. The molecule has 0 aliphatic heterocycles. The van der Waals surface area contributed by atoms with E-state index in [4.69, 9.17) is 37.0 Å². The SMILES string of the molecule is CCC(C)CCCCCCCCC(=O)O[C@H](COC(=O)CCCCCCCCC(C)C)COP(=O)(O)OCC(O)COP(=O)(O)OC[C@@H](COC(=O)CCCCCCCCCC(C)C)OC(=O)CCCCCCCCCCCCCCCCCCC(C)C. The Morgan fingerprint density at radius 2 is 0.545 bits per heavy atom. The molecule has 0 rings (SSSR count). The Bertz CT molecular complexity index is 1750. The van der Waals surface area contributed by atoms with Gasteiger partial charge < -0.3 is 33.8 Å². The molecule has 88 heavy (non-hydrogen) atoms. The average Bonchev–Trinajstić information content (AvgIpc) is 3.69. The van der Waals surface area contributed by atoms with Gasteiger partial charge in [-0.25, -0.2) is 9.13 Å². The van der Waals surface area contributed by atoms with E-state index in [0.29, 0.717) is 37.5 Å². The van der Waals surface area contributed by atoms with Crippen molar-refractivity contribution in [2.24, 2.45) is 23.7 Å². The van der Waals surface area contributed by atoms with Crippen molar-refractivity contribution >= 4 is 39.5 Å². The minimum absolute atomic E-state index is 0.101. The van der Waals surface area contributed by atoms with Gasteiger partial charge in [-0.2, -0.15) is 0 Å². The van der Waals surface area contributed by atoms with Crippen molar-refractivity contribution in [2.45, 2.75) is 356 Å². The molecule has 0 fully saturated rings. The number of carbonyl (C=O) groups is 4. The fourth-order valence-electron chi connectivity index (χ4n) is 10.3. The standard InChI is InChI=1S/C69H134O17P2/c1-9-62(8)48-40-32-26-28-36-44-52-69(74)86-65(56-80-67(72)50-42-34-27-25-31-39-47-61(6)7)58-84-88(77,78)82-54-63(70)53-81-87(75,76)83-57-64(55-79-66(71)49-41-33-24-20-22-30-38-46-60(4)5)85-68(73)51-43-35-23-19-17-15-13-11-10-12-14-16-18-21-29-37-45-59(2)3/h59-65,70H,9-58H2,1-8H3,(H,75,76)(H,77,78)/t62?,63?,64-,65-/m1/s1. The Hall–Kier alpha value is -1.94. The molecule has 0 saturated carbocycles. The van der Waals surface area contributed by atoms with E-state index < -0.39 is 97.5 Å². The van der Waals surface area contributed by atoms with Crippen molar-refractivity contribution in [1.82, 2.24) is 0 Å². The lowest BCUT2D eigenvalue weighted by Crippen LogP contribution is -2.30. The summed E-state index contributed by atoms with van der Waals surface area (Å²) in [6.45, 7) is 14.0. The van der Waals surface area contributed by atoms with Crippen LogP contribution in [0.5, 0.6) is 0 Å². The van der Waals surface area contributed by atoms with Crippen LogP contribution in [0.2, 0.25) is 0 Å². The first-order chi connectivity index (χ1) is 42.1. The molecule has 0 saturated heterocycles. The Morgan fingerprint density at radius 1 is 0.318 bits per heavy atom. The number of carbonyl (C=O) groups excluding carboxylic acids is 4. The number of unbranched alkanes of at least 4 members (excludes halogenated alkanes) is 31. The monoisotopic (exact) mass is 1300 g/mol. The van der Waals surface area contributed by atoms with Gasteiger partial charge in [-0.1, -0.05) is 287 Å². The molecule has 3 N–H and O–H groups in total. The molecule has 19 heteroatoms. The van der Waals surface area contributed by atoms with Crippen molar-refractivity contribution in [2.75, 3.05) is 39.6 Å². The zero-order chi connectivity index (χ0) is 65.4. The molecule has 0 heterocycles. The fourth-order valence-corrected chi connectivity index (χ4v) is 11.9. The van der Waals surface area contributed by atoms with Gasteiger partial charge in [-0.05, 0) is 49.4 Å². The highest BCUT2D eigenvalue weighted by molar-refractivity contribution is 7.47. The van der Waals surface area contributed by atoms with Crippen molar-refractivity contribution in [3.05, 3.63) is 0 Å². The lowest BCUT2D eigenvalue weighted by Gasteiger charge is -2.21. The van der Waals surface area contributed by atoms with Gasteiger partial charge >= 0.3 is 39.5 Å². The molecule has 17 nitrogen and oxygen atoms in total. The quantitative estimate of drug-likeness (QED) is 0.0222. The normalized spacial score (nSPS) is 14.6. The molecule has 0 radical (unpaired) electrons. The van der Waals surface area contributed by atoms with E-state index >= 15 is 0 Å². The van der Waals surface area contributed by atoms with Crippen LogP contribution in [0, 0.1) is 23.7 Å². The Morgan fingerprint density at radius 3 is 0.807 bits per heavy atom. The number of hydrogen-bond donors (Lipinski definition) is 3. The van der Waals surface area contributed by atoms with Crippen molar-refractivity contribution in [3.8, 4) is 0 Å². The molecule has 4 unspecified atom stereocenters. The number of esters is 4. The summed E-state index contributed by atoms with van der Waals surface area (Å²) in [4.78, 5) is 72.4. The summed E-state index contributed by atoms with van der Waals surface area (Å²) in [7, 11) is -9.90. The Labute approximate surface area is 537 Å². The van der Waals surface area contributed by atoms with Crippen LogP contribution in [0.4, 0.5) is 0 Å². The van der Waals surface area contributed by atoms with Crippen LogP contribution in [0.1, 0.15) is 338 Å². The Kier molecular flexibility index (Phi) is 57.6. The van der Waals surface area contributed by atoms with Crippen LogP contribution >= 0.6 is 15.6 Å². The smallest absolute Gasteiger partial charge is 0.462 e. The maximum absolute atomic E-state index is 13.0. The van der Waals surface area contributed by atoms with Crippen LogP contribution in [0.3, 0.4) is 0 Å². The summed E-state index contributed by atoms with van der Waals surface area (Å²) in [5, 5.41) is 10.6. The van der Waals surface area contributed by atoms with E-state index in [1.807, 2.05) is 0 Å². The summed E-state index contributed by atoms with van der Waals surface area (Å²) in [5.41, 5.74) is 0. The van der Waals surface area contributed by atoms with Crippen LogP contribution < -0.4 is 0 Å². The predicted molar refractivity (Wildman–Crippen MR) is 354 cm³/mol. The first-order valence-corrected chi connectivity index (χ1v) is 38.7. The van der Waals surface area contributed by atoms with Gasteiger partial charge in [0.1, 0.15) is 19.3 Å². The van der Waals surface area contributed by atoms with Gasteiger partial charge in [0.2, 0.25) is 0 Å².